The molecule has 13 heteroatoms. The number of benzene rings is 1. The highest BCUT2D eigenvalue weighted by atomic mass is 32.1. The van der Waals surface area contributed by atoms with Gasteiger partial charge in [-0.25, -0.2) is 0 Å². The molecule has 0 saturated carbocycles. The monoisotopic (exact) mass is 586 g/mol. The third-order valence-corrected chi connectivity index (χ3v) is 7.49. The van der Waals surface area contributed by atoms with E-state index in [1.165, 1.54) is 25.6 Å². The molecule has 4 rings (SSSR count). The molecule has 2 aromatic heterocycles. The van der Waals surface area contributed by atoms with Crippen molar-refractivity contribution in [3.63, 3.8) is 0 Å². The van der Waals surface area contributed by atoms with Crippen LogP contribution in [0.1, 0.15) is 52.9 Å². The molecule has 3 aromatic rings. The van der Waals surface area contributed by atoms with Gasteiger partial charge in [-0.2, -0.15) is 4.98 Å². The predicted molar refractivity (Wildman–Crippen MR) is 147 cm³/mol. The number of amides is 1. The quantitative estimate of drug-likeness (QED) is 0.196. The summed E-state index contributed by atoms with van der Waals surface area (Å²) in [6, 6.07) is 7.07. The highest BCUT2D eigenvalue weighted by Gasteiger charge is 2.26. The summed E-state index contributed by atoms with van der Waals surface area (Å²) in [7, 11) is 3.03. The third-order valence-electron chi connectivity index (χ3n) is 6.40. The Bertz CT molecular complexity index is 1470. The summed E-state index contributed by atoms with van der Waals surface area (Å²) in [5.74, 6) is -0.763. The molecule has 0 atom stereocenters. The van der Waals surface area contributed by atoms with E-state index >= 15 is 0 Å². The number of carboxylic acids is 2. The molecule has 1 aliphatic heterocycles. The van der Waals surface area contributed by atoms with Crippen molar-refractivity contribution < 1.29 is 48.3 Å². The van der Waals surface area contributed by atoms with E-state index in [2.05, 4.69) is 4.98 Å². The highest BCUT2D eigenvalue weighted by Crippen LogP contribution is 2.36. The molecule has 1 aliphatic rings. The lowest BCUT2D eigenvalue weighted by Crippen LogP contribution is -2.25. The van der Waals surface area contributed by atoms with Crippen LogP contribution in [0, 0.1) is 0 Å². The fraction of sp³-hybridized carbons (Fsp3) is 0.393. The first-order chi connectivity index (χ1) is 19.7. The zero-order valence-corrected chi connectivity index (χ0v) is 23.5. The summed E-state index contributed by atoms with van der Waals surface area (Å²) in [6.45, 7) is 1.34. The fourth-order valence-corrected chi connectivity index (χ4v) is 5.28. The average molecular weight is 587 g/mol. The van der Waals surface area contributed by atoms with Crippen LogP contribution < -0.4 is 18.9 Å². The number of ether oxygens (including phenoxy) is 4. The second-order valence-electron chi connectivity index (χ2n) is 9.28. The van der Waals surface area contributed by atoms with Crippen molar-refractivity contribution >= 4 is 45.2 Å². The molecule has 12 nitrogen and oxygen atoms in total. The molecule has 0 fully saturated rings. The molecule has 1 aromatic carbocycles. The van der Waals surface area contributed by atoms with Gasteiger partial charge in [0.15, 0.2) is 23.0 Å². The SMILES string of the molecule is COc1cc2c(cc1OCCCOc1nc3sc(C(=O)CCC(=O)O)cc3cc1OC)CN(C(=O)CCC(=O)O)C2. The van der Waals surface area contributed by atoms with E-state index in [1.54, 1.807) is 17.0 Å². The summed E-state index contributed by atoms with van der Waals surface area (Å²) < 4.78 is 22.7. The number of carbonyl (C=O) groups is 4. The average Bonchev–Trinajstić information content (AvgIpc) is 3.56. The van der Waals surface area contributed by atoms with E-state index in [0.717, 1.165) is 11.1 Å². The van der Waals surface area contributed by atoms with E-state index in [0.29, 0.717) is 58.5 Å². The lowest BCUT2D eigenvalue weighted by molar-refractivity contribution is -0.141. The van der Waals surface area contributed by atoms with Crippen molar-refractivity contribution in [2.45, 2.75) is 45.2 Å². The molecular formula is C28H30N2O10S. The summed E-state index contributed by atoms with van der Waals surface area (Å²) in [5, 5.41) is 18.4. The number of rotatable bonds is 15. The molecule has 3 heterocycles. The maximum atomic E-state index is 12.4. The molecule has 0 aliphatic carbocycles. The number of ketones is 1. The number of pyridine rings is 1. The number of carboxylic acid groups (broad SMARTS) is 2. The van der Waals surface area contributed by atoms with Crippen LogP contribution in [-0.4, -0.2) is 71.2 Å². The second kappa shape index (κ2) is 13.3. The number of methoxy groups -OCH3 is 2. The van der Waals surface area contributed by atoms with Crippen molar-refractivity contribution in [2.24, 2.45) is 0 Å². The Morgan fingerprint density at radius 2 is 1.46 bits per heavy atom. The number of aliphatic carboxylic acids is 2. The van der Waals surface area contributed by atoms with Crippen molar-refractivity contribution in [3.05, 3.63) is 40.3 Å². The number of nitrogens with zero attached hydrogens (tertiary/aromatic N) is 2. The van der Waals surface area contributed by atoms with Gasteiger partial charge < -0.3 is 34.1 Å². The standard InChI is InChI=1S/C28H30N2O10S/c1-37-20-11-17-14-30(24(32)5-7-26(35)36)15-18(17)12-21(20)39-8-3-9-40-27-22(38-2)10-16-13-23(41-28(16)29-27)19(31)4-6-25(33)34/h10-13H,3-9,14-15H2,1-2H3,(H,33,34)(H,35,36). The first-order valence-electron chi connectivity index (χ1n) is 12.9. The van der Waals surface area contributed by atoms with Gasteiger partial charge >= 0.3 is 11.9 Å². The molecule has 0 unspecified atom stereocenters. The number of aromatic nitrogens is 1. The molecule has 0 saturated heterocycles. The molecular weight excluding hydrogens is 556 g/mol. The maximum absolute atomic E-state index is 12.4. The van der Waals surface area contributed by atoms with Crippen molar-refractivity contribution in [1.29, 1.82) is 0 Å². The predicted octanol–water partition coefficient (Wildman–Crippen LogP) is 3.92. The van der Waals surface area contributed by atoms with Crippen LogP contribution in [0.3, 0.4) is 0 Å². The number of fused-ring (bicyclic) bond motifs is 2. The minimum absolute atomic E-state index is 0.0467. The summed E-state index contributed by atoms with van der Waals surface area (Å²) in [6.07, 6.45) is -0.0598. The van der Waals surface area contributed by atoms with Crippen molar-refractivity contribution in [3.8, 4) is 23.1 Å². The fourth-order valence-electron chi connectivity index (χ4n) is 4.30. The van der Waals surface area contributed by atoms with Crippen LogP contribution in [0.25, 0.3) is 10.2 Å². The number of thiophene rings is 1. The zero-order valence-electron chi connectivity index (χ0n) is 22.6. The number of hydrogen-bond acceptors (Lipinski definition) is 10. The summed E-state index contributed by atoms with van der Waals surface area (Å²) in [4.78, 5) is 53.3. The number of carbonyl (C=O) groups excluding carboxylic acids is 2. The van der Waals surface area contributed by atoms with E-state index < -0.39 is 11.9 Å². The highest BCUT2D eigenvalue weighted by molar-refractivity contribution is 7.20. The van der Waals surface area contributed by atoms with Gasteiger partial charge in [-0.05, 0) is 35.4 Å². The van der Waals surface area contributed by atoms with Gasteiger partial charge in [0.1, 0.15) is 4.83 Å². The van der Waals surface area contributed by atoms with E-state index in [4.69, 9.17) is 29.2 Å². The topological polar surface area (TPSA) is 162 Å². The molecule has 2 N–H and O–H groups in total. The van der Waals surface area contributed by atoms with Gasteiger partial charge in [-0.15, -0.1) is 11.3 Å². The lowest BCUT2D eigenvalue weighted by Gasteiger charge is -2.14. The molecule has 0 radical (unpaired) electrons. The van der Waals surface area contributed by atoms with Crippen molar-refractivity contribution in [1.82, 2.24) is 9.88 Å². The molecule has 218 valence electrons. The van der Waals surface area contributed by atoms with Crippen LogP contribution in [0.5, 0.6) is 23.1 Å². The molecule has 0 bridgehead atoms. The smallest absolute Gasteiger partial charge is 0.303 e. The first kappa shape index (κ1) is 29.6. The maximum Gasteiger partial charge on any atom is 0.303 e. The normalized spacial score (nSPS) is 12.2. The minimum atomic E-state index is -1.03. The van der Waals surface area contributed by atoms with Gasteiger partial charge in [-0.3, -0.25) is 19.2 Å². The van der Waals surface area contributed by atoms with Crippen molar-refractivity contribution in [2.75, 3.05) is 27.4 Å². The number of Topliss-reactive ketones (excluding diaryl/α,β-unsaturated/α-hetero) is 1. The molecule has 41 heavy (non-hydrogen) atoms. The Morgan fingerprint density at radius 3 is 2.12 bits per heavy atom. The van der Waals surface area contributed by atoms with Crippen LogP contribution >= 0.6 is 11.3 Å². The Labute approximate surface area is 239 Å². The van der Waals surface area contributed by atoms with Gasteiger partial charge in [0.25, 0.3) is 5.88 Å². The van der Waals surface area contributed by atoms with Gasteiger partial charge in [0.05, 0.1) is 45.2 Å². The molecule has 0 spiro atoms. The molecule has 1 amide bonds. The van der Waals surface area contributed by atoms with Crippen LogP contribution in [0.2, 0.25) is 0 Å². The second-order valence-corrected chi connectivity index (χ2v) is 10.3. The van der Waals surface area contributed by atoms with E-state index in [-0.39, 0.29) is 49.9 Å². The summed E-state index contributed by atoms with van der Waals surface area (Å²) in [5.41, 5.74) is 1.84. The first-order valence-corrected chi connectivity index (χ1v) is 13.7. The lowest BCUT2D eigenvalue weighted by atomic mass is 10.1. The largest absolute Gasteiger partial charge is 0.493 e. The van der Waals surface area contributed by atoms with Gasteiger partial charge in [-0.1, -0.05) is 0 Å². The summed E-state index contributed by atoms with van der Waals surface area (Å²) >= 11 is 1.17. The van der Waals surface area contributed by atoms with Crippen LogP contribution in [0.4, 0.5) is 0 Å². The third kappa shape index (κ3) is 7.42. The van der Waals surface area contributed by atoms with E-state index in [9.17, 15) is 19.2 Å². The number of hydrogen-bond donors (Lipinski definition) is 2. The van der Waals surface area contributed by atoms with E-state index in [1.807, 2.05) is 12.1 Å². The Kier molecular flexibility index (Phi) is 9.61. The van der Waals surface area contributed by atoms with Gasteiger partial charge in [0, 0.05) is 37.7 Å². The minimum Gasteiger partial charge on any atom is -0.493 e. The van der Waals surface area contributed by atoms with Gasteiger partial charge in [0.2, 0.25) is 5.91 Å². The Morgan fingerprint density at radius 1 is 0.829 bits per heavy atom. The van der Waals surface area contributed by atoms with Crippen LogP contribution in [0.15, 0.2) is 24.3 Å². The zero-order chi connectivity index (χ0) is 29.5. The van der Waals surface area contributed by atoms with Crippen LogP contribution in [-0.2, 0) is 27.5 Å². The Hall–Kier alpha value is -4.39. The Balaban J connectivity index is 1.33.